The van der Waals surface area contributed by atoms with Crippen molar-refractivity contribution in [1.29, 1.82) is 0 Å². The van der Waals surface area contributed by atoms with Crippen LogP contribution >= 0.6 is 15.9 Å². The number of halogens is 1. The smallest absolute Gasteiger partial charge is 0.307 e. The van der Waals surface area contributed by atoms with Crippen LogP contribution in [0.4, 0.5) is 0 Å². The van der Waals surface area contributed by atoms with Gasteiger partial charge in [0, 0.05) is 5.33 Å². The third kappa shape index (κ3) is 2.96. The molecule has 0 fully saturated rings. The number of hydrogen-bond acceptors (Lipinski definition) is 2. The van der Waals surface area contributed by atoms with E-state index in [4.69, 9.17) is 9.84 Å². The van der Waals surface area contributed by atoms with Gasteiger partial charge in [-0.2, -0.15) is 0 Å². The molecule has 0 radical (unpaired) electrons. The molecule has 0 saturated carbocycles. The Morgan fingerprint density at radius 3 is 2.60 bits per heavy atom. The van der Waals surface area contributed by atoms with Gasteiger partial charge in [0.25, 0.3) is 0 Å². The van der Waals surface area contributed by atoms with Gasteiger partial charge in [0.1, 0.15) is 5.75 Å². The number of ether oxygens (including phenoxy) is 1. The van der Waals surface area contributed by atoms with E-state index < -0.39 is 5.97 Å². The number of methoxy groups -OCH3 is 1. The predicted molar refractivity (Wildman–Crippen MR) is 61.7 cm³/mol. The van der Waals surface area contributed by atoms with Gasteiger partial charge in [0.05, 0.1) is 13.5 Å². The molecule has 0 heterocycles. The Morgan fingerprint density at radius 2 is 2.13 bits per heavy atom. The summed E-state index contributed by atoms with van der Waals surface area (Å²) in [4.78, 5) is 10.7. The molecule has 0 aliphatic heterocycles. The third-order valence-corrected chi connectivity index (χ3v) is 2.81. The highest BCUT2D eigenvalue weighted by molar-refractivity contribution is 9.08. The highest BCUT2D eigenvalue weighted by atomic mass is 79.9. The van der Waals surface area contributed by atoms with E-state index in [-0.39, 0.29) is 6.42 Å². The van der Waals surface area contributed by atoms with Crippen molar-refractivity contribution in [3.63, 3.8) is 0 Å². The van der Waals surface area contributed by atoms with Gasteiger partial charge in [-0.05, 0) is 29.7 Å². The zero-order chi connectivity index (χ0) is 11.4. The summed E-state index contributed by atoms with van der Waals surface area (Å²) >= 11 is 3.34. The minimum Gasteiger partial charge on any atom is -0.496 e. The van der Waals surface area contributed by atoms with Crippen LogP contribution in [0.1, 0.15) is 16.7 Å². The highest BCUT2D eigenvalue weighted by Gasteiger charge is 2.09. The molecule has 82 valence electrons. The molecule has 0 amide bonds. The highest BCUT2D eigenvalue weighted by Crippen LogP contribution is 2.25. The number of alkyl halides is 1. The average Bonchev–Trinajstić information content (AvgIpc) is 2.17. The van der Waals surface area contributed by atoms with E-state index in [1.807, 2.05) is 19.1 Å². The number of carboxylic acids is 1. The molecule has 1 rings (SSSR count). The Hall–Kier alpha value is -1.03. The molecule has 0 unspecified atom stereocenters. The van der Waals surface area contributed by atoms with Gasteiger partial charge >= 0.3 is 5.97 Å². The van der Waals surface area contributed by atoms with Crippen LogP contribution in [0, 0.1) is 6.92 Å². The molecule has 15 heavy (non-hydrogen) atoms. The zero-order valence-corrected chi connectivity index (χ0v) is 10.3. The number of hydrogen-bond donors (Lipinski definition) is 1. The quantitative estimate of drug-likeness (QED) is 0.857. The molecule has 0 atom stereocenters. The van der Waals surface area contributed by atoms with E-state index in [2.05, 4.69) is 15.9 Å². The van der Waals surface area contributed by atoms with Crippen molar-refractivity contribution in [3.8, 4) is 5.75 Å². The minimum absolute atomic E-state index is 0.0474. The van der Waals surface area contributed by atoms with Crippen molar-refractivity contribution in [2.24, 2.45) is 0 Å². The Labute approximate surface area is 97.2 Å². The van der Waals surface area contributed by atoms with E-state index in [0.29, 0.717) is 5.33 Å². The molecule has 0 aliphatic rings. The van der Waals surface area contributed by atoms with Gasteiger partial charge in [-0.25, -0.2) is 0 Å². The summed E-state index contributed by atoms with van der Waals surface area (Å²) in [5.41, 5.74) is 2.75. The SMILES string of the molecule is COc1cc(CBr)c(CC(=O)O)cc1C. The molecular weight excluding hydrogens is 260 g/mol. The first kappa shape index (κ1) is 12.0. The fourth-order valence-corrected chi connectivity index (χ4v) is 1.98. The van der Waals surface area contributed by atoms with Crippen LogP contribution in [0.3, 0.4) is 0 Å². The lowest BCUT2D eigenvalue weighted by atomic mass is 10.0. The summed E-state index contributed by atoms with van der Waals surface area (Å²) in [7, 11) is 1.61. The van der Waals surface area contributed by atoms with Gasteiger partial charge in [0.15, 0.2) is 0 Å². The monoisotopic (exact) mass is 272 g/mol. The van der Waals surface area contributed by atoms with Crippen LogP contribution in [0.2, 0.25) is 0 Å². The largest absolute Gasteiger partial charge is 0.496 e. The molecule has 3 nitrogen and oxygen atoms in total. The van der Waals surface area contributed by atoms with Crippen LogP contribution in [-0.4, -0.2) is 18.2 Å². The fraction of sp³-hybridized carbons (Fsp3) is 0.364. The van der Waals surface area contributed by atoms with Crippen LogP contribution in [-0.2, 0) is 16.5 Å². The number of aryl methyl sites for hydroxylation is 1. The van der Waals surface area contributed by atoms with Crippen LogP contribution in [0.25, 0.3) is 0 Å². The van der Waals surface area contributed by atoms with Crippen molar-refractivity contribution in [2.75, 3.05) is 7.11 Å². The molecule has 0 aliphatic carbocycles. The molecule has 1 aromatic rings. The third-order valence-electron chi connectivity index (χ3n) is 2.20. The molecule has 0 saturated heterocycles. The second-order valence-corrected chi connectivity index (χ2v) is 3.86. The van der Waals surface area contributed by atoms with Crippen LogP contribution in [0.5, 0.6) is 5.75 Å². The Bertz CT molecular complexity index is 374. The normalized spacial score (nSPS) is 10.1. The first-order chi connectivity index (χ1) is 7.08. The van der Waals surface area contributed by atoms with E-state index in [1.165, 1.54) is 0 Å². The Balaban J connectivity index is 3.15. The van der Waals surface area contributed by atoms with Crippen molar-refractivity contribution < 1.29 is 14.6 Å². The maximum atomic E-state index is 10.7. The zero-order valence-electron chi connectivity index (χ0n) is 8.71. The van der Waals surface area contributed by atoms with Crippen molar-refractivity contribution in [1.82, 2.24) is 0 Å². The lowest BCUT2D eigenvalue weighted by molar-refractivity contribution is -0.136. The number of carbonyl (C=O) groups is 1. The molecule has 0 bridgehead atoms. The standard InChI is InChI=1S/C11H13BrO3/c1-7-3-8(5-11(13)14)9(6-12)4-10(7)15-2/h3-4H,5-6H2,1-2H3,(H,13,14). The summed E-state index contributed by atoms with van der Waals surface area (Å²) in [5, 5.41) is 9.39. The Kier molecular flexibility index (Phi) is 4.15. The Morgan fingerprint density at radius 1 is 1.47 bits per heavy atom. The summed E-state index contributed by atoms with van der Waals surface area (Å²) < 4.78 is 5.18. The average molecular weight is 273 g/mol. The van der Waals surface area contributed by atoms with Gasteiger partial charge in [-0.15, -0.1) is 0 Å². The van der Waals surface area contributed by atoms with Gasteiger partial charge in [-0.3, -0.25) is 4.79 Å². The summed E-state index contributed by atoms with van der Waals surface area (Å²) in [6.45, 7) is 1.90. The first-order valence-electron chi connectivity index (χ1n) is 4.52. The fourth-order valence-electron chi connectivity index (χ4n) is 1.46. The molecule has 1 N–H and O–H groups in total. The molecular formula is C11H13BrO3. The first-order valence-corrected chi connectivity index (χ1v) is 5.64. The summed E-state index contributed by atoms with van der Waals surface area (Å²) in [6, 6.07) is 3.74. The maximum Gasteiger partial charge on any atom is 0.307 e. The lowest BCUT2D eigenvalue weighted by Crippen LogP contribution is -2.04. The van der Waals surface area contributed by atoms with Crippen molar-refractivity contribution in [3.05, 3.63) is 28.8 Å². The number of benzene rings is 1. The molecule has 0 spiro atoms. The molecule has 1 aromatic carbocycles. The predicted octanol–water partition coefficient (Wildman–Crippen LogP) is 2.53. The topological polar surface area (TPSA) is 46.5 Å². The summed E-state index contributed by atoms with van der Waals surface area (Å²) in [6.07, 6.45) is 0.0474. The van der Waals surface area contributed by atoms with Crippen LogP contribution in [0.15, 0.2) is 12.1 Å². The molecule has 0 aromatic heterocycles. The lowest BCUT2D eigenvalue weighted by Gasteiger charge is -2.10. The van der Waals surface area contributed by atoms with Crippen molar-refractivity contribution >= 4 is 21.9 Å². The van der Waals surface area contributed by atoms with Gasteiger partial charge < -0.3 is 9.84 Å². The molecule has 4 heteroatoms. The summed E-state index contributed by atoms with van der Waals surface area (Å²) in [5.74, 6) is -0.0274. The number of aliphatic carboxylic acids is 1. The minimum atomic E-state index is -0.818. The van der Waals surface area contributed by atoms with Gasteiger partial charge in [-0.1, -0.05) is 22.0 Å². The van der Waals surface area contributed by atoms with E-state index in [1.54, 1.807) is 7.11 Å². The number of rotatable bonds is 4. The second-order valence-electron chi connectivity index (χ2n) is 3.29. The van der Waals surface area contributed by atoms with Crippen molar-refractivity contribution in [2.45, 2.75) is 18.7 Å². The number of carboxylic acid groups (broad SMARTS) is 1. The van der Waals surface area contributed by atoms with E-state index in [0.717, 1.165) is 22.4 Å². The van der Waals surface area contributed by atoms with E-state index in [9.17, 15) is 4.79 Å². The maximum absolute atomic E-state index is 10.7. The second kappa shape index (κ2) is 5.16. The van der Waals surface area contributed by atoms with E-state index >= 15 is 0 Å². The van der Waals surface area contributed by atoms with Crippen LogP contribution < -0.4 is 4.74 Å². The van der Waals surface area contributed by atoms with Gasteiger partial charge in [0.2, 0.25) is 0 Å².